The zero-order chi connectivity index (χ0) is 32.0. The number of rotatable bonds is 7. The average molecular weight is 631 g/mol. The number of nitrogens with one attached hydrogen (secondary N) is 1. The molecule has 1 aromatic heterocycles. The fraction of sp³-hybridized carbons (Fsp3) is 0.355. The molecule has 9 nitrogen and oxygen atoms in total. The van der Waals surface area contributed by atoms with Gasteiger partial charge < -0.3 is 24.4 Å². The number of hydrogen-bond acceptors (Lipinski definition) is 6. The minimum atomic E-state index is -2.88. The molecule has 0 saturated carbocycles. The van der Waals surface area contributed by atoms with E-state index in [1.165, 1.54) is 9.47 Å². The van der Waals surface area contributed by atoms with Crippen molar-refractivity contribution in [2.45, 2.75) is 63.4 Å². The molecule has 3 aromatic rings. The molecule has 0 unspecified atom stereocenters. The number of benzene rings is 2. The average Bonchev–Trinajstić information content (AvgIpc) is 3.40. The first-order valence-electron chi connectivity index (χ1n) is 14.2. The third-order valence-corrected chi connectivity index (χ3v) is 8.56. The van der Waals surface area contributed by atoms with Crippen LogP contribution in [0.15, 0.2) is 58.6 Å². The number of pyridine rings is 1. The molecule has 0 aliphatic carbocycles. The SMILES string of the molecule is C[C@H]1CC[C@]2(CC(C(F)F)=NO2)[C@H]2CN1C(=O)c1c(OCc3ccccc3)c(=O)c(C(=O)NCc3c(F)cc(F)cc3F)cn12. The molecule has 2 aromatic carbocycles. The number of nitrogens with zero attached hydrogens (tertiary/aromatic N) is 3. The Hall–Kier alpha value is -4.75. The second-order valence-electron chi connectivity index (χ2n) is 11.3. The van der Waals surface area contributed by atoms with Crippen molar-refractivity contribution in [2.75, 3.05) is 6.54 Å². The molecule has 2 amide bonds. The standard InChI is InChI=1S/C31H27F5N4O5/c1-16-7-8-31(11-23(28(35)36)38-45-31)24-14-39(16)30(43)25-27(44-15-17-5-3-2-4-6-17)26(41)20(13-40(24)25)29(42)37-12-19-21(33)9-18(32)10-22(19)34/h2-6,9-10,13,16,24,28H,7-8,11-12,14-15H2,1H3,(H,37,42)/t16-,24+,31-/m0/s1. The van der Waals surface area contributed by atoms with E-state index in [9.17, 15) is 36.3 Å². The maximum Gasteiger partial charge on any atom is 0.279 e. The minimum Gasteiger partial charge on any atom is -0.483 e. The number of carbonyl (C=O) groups excluding carboxylic acids is 2. The van der Waals surface area contributed by atoms with Crippen molar-refractivity contribution in [1.29, 1.82) is 0 Å². The van der Waals surface area contributed by atoms with Gasteiger partial charge in [-0.2, -0.15) is 0 Å². The number of hydrogen-bond donors (Lipinski definition) is 1. The number of ether oxygens (including phenoxy) is 1. The van der Waals surface area contributed by atoms with Crippen LogP contribution in [-0.2, 0) is 18.0 Å². The first kappa shape index (κ1) is 30.3. The molecule has 1 fully saturated rings. The Balaban J connectivity index is 1.45. The van der Waals surface area contributed by atoms with Gasteiger partial charge in [0, 0.05) is 49.4 Å². The molecule has 3 aliphatic heterocycles. The fourth-order valence-corrected chi connectivity index (χ4v) is 6.11. The molecule has 4 heterocycles. The van der Waals surface area contributed by atoms with Crippen molar-refractivity contribution in [3.63, 3.8) is 0 Å². The van der Waals surface area contributed by atoms with Gasteiger partial charge in [0.05, 0.1) is 6.04 Å². The van der Waals surface area contributed by atoms with Gasteiger partial charge in [-0.25, -0.2) is 22.0 Å². The monoisotopic (exact) mass is 630 g/mol. The van der Waals surface area contributed by atoms with Gasteiger partial charge in [0.15, 0.2) is 17.0 Å². The summed E-state index contributed by atoms with van der Waals surface area (Å²) in [6.45, 7) is 0.914. The number of aromatic nitrogens is 1. The highest BCUT2D eigenvalue weighted by Gasteiger charge is 2.55. The van der Waals surface area contributed by atoms with Crippen LogP contribution in [0.2, 0.25) is 0 Å². The van der Waals surface area contributed by atoms with E-state index in [1.807, 2.05) is 0 Å². The van der Waals surface area contributed by atoms with E-state index < -0.39 is 81.9 Å². The van der Waals surface area contributed by atoms with Gasteiger partial charge in [0.1, 0.15) is 35.3 Å². The summed E-state index contributed by atoms with van der Waals surface area (Å²) in [7, 11) is 0. The zero-order valence-electron chi connectivity index (χ0n) is 23.9. The van der Waals surface area contributed by atoms with Gasteiger partial charge in [0.2, 0.25) is 5.43 Å². The molecule has 236 valence electrons. The predicted octanol–water partition coefficient (Wildman–Crippen LogP) is 4.73. The van der Waals surface area contributed by atoms with Crippen LogP contribution in [0.3, 0.4) is 0 Å². The van der Waals surface area contributed by atoms with E-state index in [2.05, 4.69) is 10.5 Å². The van der Waals surface area contributed by atoms with E-state index in [1.54, 1.807) is 37.3 Å². The third-order valence-electron chi connectivity index (χ3n) is 8.56. The van der Waals surface area contributed by atoms with E-state index in [0.717, 1.165) is 6.20 Å². The summed E-state index contributed by atoms with van der Waals surface area (Å²) in [5, 5.41) is 5.93. The molecular weight excluding hydrogens is 603 g/mol. The van der Waals surface area contributed by atoms with Crippen molar-refractivity contribution in [3.8, 4) is 5.75 Å². The summed E-state index contributed by atoms with van der Waals surface area (Å²) < 4.78 is 76.6. The second-order valence-corrected chi connectivity index (χ2v) is 11.3. The van der Waals surface area contributed by atoms with E-state index in [-0.39, 0.29) is 37.7 Å². The van der Waals surface area contributed by atoms with Gasteiger partial charge in [-0.05, 0) is 25.3 Å². The predicted molar refractivity (Wildman–Crippen MR) is 150 cm³/mol. The van der Waals surface area contributed by atoms with Crippen LogP contribution in [-0.4, -0.2) is 51.6 Å². The van der Waals surface area contributed by atoms with Crippen LogP contribution in [0.4, 0.5) is 22.0 Å². The Morgan fingerprint density at radius 1 is 1.16 bits per heavy atom. The maximum atomic E-state index is 14.3. The Bertz CT molecular complexity index is 1740. The van der Waals surface area contributed by atoms with Crippen molar-refractivity contribution in [2.24, 2.45) is 5.16 Å². The molecule has 2 bridgehead atoms. The maximum absolute atomic E-state index is 14.3. The van der Waals surface area contributed by atoms with E-state index >= 15 is 0 Å². The molecule has 3 atom stereocenters. The largest absolute Gasteiger partial charge is 0.483 e. The second kappa shape index (κ2) is 11.6. The van der Waals surface area contributed by atoms with Gasteiger partial charge >= 0.3 is 0 Å². The van der Waals surface area contributed by atoms with E-state index in [4.69, 9.17) is 9.57 Å². The number of fused-ring (bicyclic) bond motifs is 5. The lowest BCUT2D eigenvalue weighted by molar-refractivity contribution is -0.0656. The number of carbonyl (C=O) groups is 2. The summed E-state index contributed by atoms with van der Waals surface area (Å²) in [6.07, 6.45) is -1.39. The summed E-state index contributed by atoms with van der Waals surface area (Å²) in [5.41, 5.74) is -3.48. The zero-order valence-corrected chi connectivity index (χ0v) is 23.9. The molecule has 0 radical (unpaired) electrons. The highest BCUT2D eigenvalue weighted by Crippen LogP contribution is 2.47. The Kier molecular flexibility index (Phi) is 7.83. The van der Waals surface area contributed by atoms with Gasteiger partial charge in [-0.3, -0.25) is 14.4 Å². The highest BCUT2D eigenvalue weighted by molar-refractivity contribution is 5.99. The van der Waals surface area contributed by atoms with Crippen molar-refractivity contribution in [3.05, 3.63) is 98.7 Å². The van der Waals surface area contributed by atoms with Crippen molar-refractivity contribution in [1.82, 2.24) is 14.8 Å². The third kappa shape index (κ3) is 5.42. The van der Waals surface area contributed by atoms with Crippen LogP contribution in [0, 0.1) is 17.5 Å². The summed E-state index contributed by atoms with van der Waals surface area (Å²) in [4.78, 5) is 48.4. The van der Waals surface area contributed by atoms with Crippen LogP contribution in [0.25, 0.3) is 0 Å². The van der Waals surface area contributed by atoms with Crippen LogP contribution >= 0.6 is 0 Å². The molecule has 1 spiro atoms. The molecule has 14 heteroatoms. The Morgan fingerprint density at radius 2 is 1.87 bits per heavy atom. The quantitative estimate of drug-likeness (QED) is 0.381. The molecular formula is C31H27F5N4O5. The first-order chi connectivity index (χ1) is 21.5. The lowest BCUT2D eigenvalue weighted by Crippen LogP contribution is -2.52. The van der Waals surface area contributed by atoms with Crippen LogP contribution in [0.1, 0.15) is 64.2 Å². The number of oxime groups is 1. The van der Waals surface area contributed by atoms with Crippen molar-refractivity contribution < 1.29 is 41.1 Å². The lowest BCUT2D eigenvalue weighted by Gasteiger charge is -2.42. The van der Waals surface area contributed by atoms with Gasteiger partial charge in [-0.1, -0.05) is 35.5 Å². The number of halogens is 5. The Labute approximate surface area is 253 Å². The lowest BCUT2D eigenvalue weighted by atomic mass is 9.84. The van der Waals surface area contributed by atoms with Crippen LogP contribution < -0.4 is 15.5 Å². The molecule has 6 rings (SSSR count). The molecule has 1 saturated heterocycles. The topological polar surface area (TPSA) is 102 Å². The van der Waals surface area contributed by atoms with Crippen molar-refractivity contribution >= 4 is 17.5 Å². The summed E-state index contributed by atoms with van der Waals surface area (Å²) in [5.74, 6) is -5.71. The molecule has 3 aliphatic rings. The van der Waals surface area contributed by atoms with Gasteiger partial charge in [-0.15, -0.1) is 0 Å². The number of amides is 2. The van der Waals surface area contributed by atoms with E-state index in [0.29, 0.717) is 24.1 Å². The molecule has 1 N–H and O–H groups in total. The Morgan fingerprint density at radius 3 is 2.53 bits per heavy atom. The normalized spacial score (nSPS) is 22.2. The first-order valence-corrected chi connectivity index (χ1v) is 14.2. The highest BCUT2D eigenvalue weighted by atomic mass is 19.3. The summed E-state index contributed by atoms with van der Waals surface area (Å²) in [6, 6.07) is 8.40. The van der Waals surface area contributed by atoms with Crippen LogP contribution in [0.5, 0.6) is 5.75 Å². The fourth-order valence-electron chi connectivity index (χ4n) is 6.11. The minimum absolute atomic E-state index is 0.00704. The molecule has 45 heavy (non-hydrogen) atoms. The smallest absolute Gasteiger partial charge is 0.279 e. The number of alkyl halides is 2. The van der Waals surface area contributed by atoms with Gasteiger partial charge in [0.25, 0.3) is 18.2 Å². The summed E-state index contributed by atoms with van der Waals surface area (Å²) >= 11 is 0.